The first-order valence-electron chi connectivity index (χ1n) is 6.85. The van der Waals surface area contributed by atoms with Crippen molar-refractivity contribution in [1.82, 2.24) is 15.1 Å². The van der Waals surface area contributed by atoms with Crippen molar-refractivity contribution >= 4 is 5.91 Å². The van der Waals surface area contributed by atoms with E-state index in [2.05, 4.69) is 52.0 Å². The quantitative estimate of drug-likeness (QED) is 0.806. The molecule has 1 fully saturated rings. The van der Waals surface area contributed by atoms with Crippen molar-refractivity contribution in [3.63, 3.8) is 0 Å². The third-order valence-corrected chi connectivity index (χ3v) is 3.38. The summed E-state index contributed by atoms with van der Waals surface area (Å²) in [6.07, 6.45) is 0.175. The fourth-order valence-electron chi connectivity index (χ4n) is 2.90. The molecule has 0 saturated carbocycles. The van der Waals surface area contributed by atoms with E-state index in [9.17, 15) is 4.79 Å². The fraction of sp³-hybridized carbons (Fsp3) is 0.929. The molecule has 1 N–H and O–H groups in total. The summed E-state index contributed by atoms with van der Waals surface area (Å²) < 4.78 is 0. The van der Waals surface area contributed by atoms with Crippen LogP contribution in [0.4, 0.5) is 0 Å². The Morgan fingerprint density at radius 1 is 1.39 bits per heavy atom. The van der Waals surface area contributed by atoms with Crippen LogP contribution >= 0.6 is 0 Å². The lowest BCUT2D eigenvalue weighted by Crippen LogP contribution is -2.47. The summed E-state index contributed by atoms with van der Waals surface area (Å²) >= 11 is 0. The first kappa shape index (κ1) is 15.4. The van der Waals surface area contributed by atoms with E-state index in [1.807, 2.05) is 11.8 Å². The molecule has 1 heterocycles. The van der Waals surface area contributed by atoms with Crippen LogP contribution in [0.1, 0.15) is 34.6 Å². The van der Waals surface area contributed by atoms with Gasteiger partial charge in [-0.2, -0.15) is 0 Å². The van der Waals surface area contributed by atoms with Crippen LogP contribution in [-0.2, 0) is 4.79 Å². The van der Waals surface area contributed by atoms with E-state index >= 15 is 0 Å². The van der Waals surface area contributed by atoms with Crippen molar-refractivity contribution in [1.29, 1.82) is 0 Å². The summed E-state index contributed by atoms with van der Waals surface area (Å²) in [6, 6.07) is -0.0486. The van der Waals surface area contributed by atoms with Crippen LogP contribution < -0.4 is 5.32 Å². The van der Waals surface area contributed by atoms with Crippen LogP contribution in [0.15, 0.2) is 0 Å². The molecule has 0 aromatic carbocycles. The lowest BCUT2D eigenvalue weighted by molar-refractivity contribution is -0.131. The molecule has 0 aromatic heterocycles. The second-order valence-corrected chi connectivity index (χ2v) is 6.95. The van der Waals surface area contributed by atoms with Crippen molar-refractivity contribution in [3.8, 4) is 0 Å². The van der Waals surface area contributed by atoms with Crippen LogP contribution in [0, 0.1) is 11.3 Å². The predicted molar refractivity (Wildman–Crippen MR) is 75.3 cm³/mol. The van der Waals surface area contributed by atoms with Gasteiger partial charge in [-0.3, -0.25) is 10.1 Å². The second kappa shape index (κ2) is 5.57. The summed E-state index contributed by atoms with van der Waals surface area (Å²) in [5.74, 6) is 0.676. The number of rotatable bonds is 5. The Morgan fingerprint density at radius 2 is 1.94 bits per heavy atom. The molecule has 1 amide bonds. The van der Waals surface area contributed by atoms with Gasteiger partial charge in [-0.1, -0.05) is 27.7 Å². The Labute approximate surface area is 112 Å². The maximum atomic E-state index is 12.2. The van der Waals surface area contributed by atoms with Gasteiger partial charge in [0, 0.05) is 13.1 Å². The third kappa shape index (κ3) is 3.69. The van der Waals surface area contributed by atoms with Gasteiger partial charge < -0.3 is 9.80 Å². The molecule has 4 heteroatoms. The third-order valence-electron chi connectivity index (χ3n) is 3.38. The van der Waals surface area contributed by atoms with Crippen molar-refractivity contribution < 1.29 is 4.79 Å². The minimum atomic E-state index is -0.0486. The van der Waals surface area contributed by atoms with Gasteiger partial charge in [0.15, 0.2) is 0 Å². The molecule has 1 aliphatic heterocycles. The van der Waals surface area contributed by atoms with E-state index in [-0.39, 0.29) is 23.5 Å². The second-order valence-electron chi connectivity index (χ2n) is 6.95. The van der Waals surface area contributed by atoms with Crippen LogP contribution in [0.25, 0.3) is 0 Å². The summed E-state index contributed by atoms with van der Waals surface area (Å²) in [6.45, 7) is 12.5. The highest BCUT2D eigenvalue weighted by Crippen LogP contribution is 2.24. The number of carbonyl (C=O) groups is 1. The van der Waals surface area contributed by atoms with Gasteiger partial charge in [-0.05, 0) is 32.4 Å². The molecule has 0 aliphatic carbocycles. The summed E-state index contributed by atoms with van der Waals surface area (Å²) in [5, 5.41) is 3.39. The maximum Gasteiger partial charge on any atom is 0.240 e. The molecule has 18 heavy (non-hydrogen) atoms. The average molecular weight is 255 g/mol. The zero-order valence-electron chi connectivity index (χ0n) is 12.9. The Hall–Kier alpha value is -0.610. The number of amides is 1. The van der Waals surface area contributed by atoms with Gasteiger partial charge >= 0.3 is 0 Å². The lowest BCUT2D eigenvalue weighted by atomic mass is 9.91. The monoisotopic (exact) mass is 255 g/mol. The van der Waals surface area contributed by atoms with E-state index in [0.717, 1.165) is 13.1 Å². The van der Waals surface area contributed by atoms with Crippen molar-refractivity contribution in [2.45, 2.75) is 46.8 Å². The van der Waals surface area contributed by atoms with E-state index in [1.165, 1.54) is 0 Å². The number of hydrogen-bond donors (Lipinski definition) is 1. The molecule has 2 unspecified atom stereocenters. The lowest BCUT2D eigenvalue weighted by Gasteiger charge is -2.36. The maximum absolute atomic E-state index is 12.2. The van der Waals surface area contributed by atoms with Crippen LogP contribution in [-0.4, -0.2) is 55.1 Å². The van der Waals surface area contributed by atoms with E-state index in [1.54, 1.807) is 0 Å². The van der Waals surface area contributed by atoms with Crippen molar-refractivity contribution in [2.24, 2.45) is 11.3 Å². The molecule has 1 rings (SSSR count). The first-order chi connectivity index (χ1) is 8.14. The molecule has 0 spiro atoms. The van der Waals surface area contributed by atoms with Crippen LogP contribution in [0.2, 0.25) is 0 Å². The van der Waals surface area contributed by atoms with Crippen LogP contribution in [0.3, 0.4) is 0 Å². The number of nitrogens with one attached hydrogen (secondary N) is 1. The van der Waals surface area contributed by atoms with Crippen molar-refractivity contribution in [3.05, 3.63) is 0 Å². The highest BCUT2D eigenvalue weighted by molar-refractivity contribution is 5.84. The minimum absolute atomic E-state index is 0.0486. The molecule has 4 nitrogen and oxygen atoms in total. The topological polar surface area (TPSA) is 35.6 Å². The standard InChI is InChI=1S/C14H29N3O/c1-10(2)12-15-11(3)13(18)17(12)9-14(4,5)8-16(6)7/h10-12,15H,8-9H2,1-7H3. The molecular weight excluding hydrogens is 226 g/mol. The molecule has 2 atom stereocenters. The highest BCUT2D eigenvalue weighted by atomic mass is 16.2. The number of nitrogens with zero attached hydrogens (tertiary/aromatic N) is 2. The molecule has 0 bridgehead atoms. The summed E-state index contributed by atoms with van der Waals surface area (Å²) in [7, 11) is 4.16. The first-order valence-corrected chi connectivity index (χ1v) is 6.85. The fourth-order valence-corrected chi connectivity index (χ4v) is 2.90. The summed E-state index contributed by atoms with van der Waals surface area (Å²) in [5.41, 5.74) is 0.109. The van der Waals surface area contributed by atoms with Gasteiger partial charge in [0.05, 0.1) is 12.2 Å². The molecule has 106 valence electrons. The van der Waals surface area contributed by atoms with E-state index < -0.39 is 0 Å². The Bertz CT molecular complexity index is 299. The van der Waals surface area contributed by atoms with Gasteiger partial charge in [0.25, 0.3) is 0 Å². The van der Waals surface area contributed by atoms with Gasteiger partial charge in [-0.15, -0.1) is 0 Å². The largest absolute Gasteiger partial charge is 0.325 e. The summed E-state index contributed by atoms with van der Waals surface area (Å²) in [4.78, 5) is 16.4. The zero-order chi connectivity index (χ0) is 14.1. The molecule has 1 aliphatic rings. The van der Waals surface area contributed by atoms with Gasteiger partial charge in [-0.25, -0.2) is 0 Å². The van der Waals surface area contributed by atoms with Gasteiger partial charge in [0.2, 0.25) is 5.91 Å². The van der Waals surface area contributed by atoms with Crippen molar-refractivity contribution in [2.75, 3.05) is 27.2 Å². The molecule has 1 saturated heterocycles. The predicted octanol–water partition coefficient (Wildman–Crippen LogP) is 1.38. The van der Waals surface area contributed by atoms with E-state index in [0.29, 0.717) is 5.92 Å². The Kier molecular flexibility index (Phi) is 4.78. The normalized spacial score (nSPS) is 25.6. The smallest absolute Gasteiger partial charge is 0.240 e. The number of carbonyl (C=O) groups excluding carboxylic acids is 1. The molecule has 0 aromatic rings. The SMILES string of the molecule is CC1NC(C(C)C)N(CC(C)(C)CN(C)C)C1=O. The Balaban J connectivity index is 2.76. The minimum Gasteiger partial charge on any atom is -0.325 e. The van der Waals surface area contributed by atoms with E-state index in [4.69, 9.17) is 0 Å². The Morgan fingerprint density at radius 3 is 2.39 bits per heavy atom. The average Bonchev–Trinajstić information content (AvgIpc) is 2.43. The number of hydrogen-bond acceptors (Lipinski definition) is 3. The highest BCUT2D eigenvalue weighted by Gasteiger charge is 2.40. The van der Waals surface area contributed by atoms with Gasteiger partial charge in [0.1, 0.15) is 0 Å². The molecular formula is C14H29N3O. The molecule has 0 radical (unpaired) electrons. The zero-order valence-corrected chi connectivity index (χ0v) is 12.9. The van der Waals surface area contributed by atoms with Crippen LogP contribution in [0.5, 0.6) is 0 Å².